The van der Waals surface area contributed by atoms with Crippen LogP contribution in [-0.2, 0) is 4.79 Å². The van der Waals surface area contributed by atoms with E-state index in [4.69, 9.17) is 5.11 Å². The molecule has 1 aliphatic heterocycles. The number of hydrogen-bond donors (Lipinski definition) is 2. The lowest BCUT2D eigenvalue weighted by atomic mass is 10.1. The average molecular weight is 302 g/mol. The quantitative estimate of drug-likeness (QED) is 0.646. The molecule has 1 fully saturated rings. The predicted octanol–water partition coefficient (Wildman–Crippen LogP) is 1.56. The van der Waals surface area contributed by atoms with E-state index in [-0.39, 0.29) is 18.7 Å². The van der Waals surface area contributed by atoms with Crippen molar-refractivity contribution >= 4 is 17.3 Å². The van der Waals surface area contributed by atoms with Crippen LogP contribution in [0.3, 0.4) is 0 Å². The summed E-state index contributed by atoms with van der Waals surface area (Å²) in [6.07, 6.45) is -4.03. The van der Waals surface area contributed by atoms with Gasteiger partial charge >= 0.3 is 5.97 Å². The minimum Gasteiger partial charge on any atom is -0.480 e. The van der Waals surface area contributed by atoms with Crippen molar-refractivity contribution in [1.29, 1.82) is 0 Å². The predicted molar refractivity (Wildman–Crippen MR) is 67.4 cm³/mol. The van der Waals surface area contributed by atoms with Crippen LogP contribution >= 0.6 is 0 Å². The molecular formula is C12H12F2N2O5. The first-order valence-corrected chi connectivity index (χ1v) is 6.05. The molecule has 0 spiro atoms. The maximum Gasteiger partial charge on any atom is 0.326 e. The zero-order valence-electron chi connectivity index (χ0n) is 10.6. The fraction of sp³-hybridized carbons (Fsp3) is 0.417. The van der Waals surface area contributed by atoms with Gasteiger partial charge in [0.15, 0.2) is 0 Å². The van der Waals surface area contributed by atoms with E-state index >= 15 is 0 Å². The lowest BCUT2D eigenvalue weighted by Gasteiger charge is -2.25. The summed E-state index contributed by atoms with van der Waals surface area (Å²) in [6.45, 7) is -0.117. The SMILES string of the molecule is O=C(O)C1CC(O)CN1c1ccc([N+](=O)[O-])cc1C(F)F. The fourth-order valence-electron chi connectivity index (χ4n) is 2.41. The molecule has 0 saturated carbocycles. The van der Waals surface area contributed by atoms with E-state index in [2.05, 4.69) is 0 Å². The van der Waals surface area contributed by atoms with E-state index in [1.165, 1.54) is 0 Å². The number of rotatable bonds is 4. The molecule has 1 aromatic rings. The number of hydrogen-bond acceptors (Lipinski definition) is 5. The number of nitrogens with zero attached hydrogens (tertiary/aromatic N) is 2. The van der Waals surface area contributed by atoms with Gasteiger partial charge in [-0.2, -0.15) is 0 Å². The van der Waals surface area contributed by atoms with Gasteiger partial charge in [0.05, 0.1) is 11.0 Å². The number of aliphatic hydroxyl groups excluding tert-OH is 1. The number of nitro groups is 1. The van der Waals surface area contributed by atoms with Gasteiger partial charge in [0.25, 0.3) is 12.1 Å². The van der Waals surface area contributed by atoms with Crippen LogP contribution in [0.4, 0.5) is 20.2 Å². The number of carbonyl (C=O) groups is 1. The molecular weight excluding hydrogens is 290 g/mol. The number of nitro benzene ring substituents is 1. The van der Waals surface area contributed by atoms with Gasteiger partial charge < -0.3 is 15.1 Å². The Bertz CT molecular complexity index is 581. The van der Waals surface area contributed by atoms with Crippen LogP contribution in [0, 0.1) is 10.1 Å². The minimum atomic E-state index is -2.99. The summed E-state index contributed by atoms with van der Waals surface area (Å²) in [5.74, 6) is -1.25. The number of β-amino-alcohol motifs (C(OH)–C–C–N with tert-alkyl or cyclic N) is 1. The summed E-state index contributed by atoms with van der Waals surface area (Å²) >= 11 is 0. The largest absolute Gasteiger partial charge is 0.480 e. The highest BCUT2D eigenvalue weighted by atomic mass is 19.3. The van der Waals surface area contributed by atoms with Crippen molar-refractivity contribution < 1.29 is 28.7 Å². The zero-order valence-corrected chi connectivity index (χ0v) is 10.6. The third kappa shape index (κ3) is 2.92. The summed E-state index contributed by atoms with van der Waals surface area (Å²) in [5, 5.41) is 29.3. The van der Waals surface area contributed by atoms with Crippen molar-refractivity contribution in [2.75, 3.05) is 11.4 Å². The van der Waals surface area contributed by atoms with E-state index in [1.54, 1.807) is 0 Å². The number of alkyl halides is 2. The van der Waals surface area contributed by atoms with E-state index in [1.807, 2.05) is 0 Å². The Balaban J connectivity index is 2.47. The molecule has 21 heavy (non-hydrogen) atoms. The molecule has 2 unspecified atom stereocenters. The molecule has 7 nitrogen and oxygen atoms in total. The first kappa shape index (κ1) is 15.1. The Morgan fingerprint density at radius 2 is 2.14 bits per heavy atom. The van der Waals surface area contributed by atoms with Gasteiger partial charge in [-0.1, -0.05) is 0 Å². The number of anilines is 1. The van der Waals surface area contributed by atoms with Crippen molar-refractivity contribution in [3.63, 3.8) is 0 Å². The third-order valence-electron chi connectivity index (χ3n) is 3.33. The van der Waals surface area contributed by atoms with Crippen LogP contribution in [0.15, 0.2) is 18.2 Å². The lowest BCUT2D eigenvalue weighted by molar-refractivity contribution is -0.385. The number of carboxylic acid groups (broad SMARTS) is 1. The van der Waals surface area contributed by atoms with Gasteiger partial charge in [-0.15, -0.1) is 0 Å². The first-order chi connectivity index (χ1) is 9.81. The molecule has 1 aromatic carbocycles. The normalized spacial score (nSPS) is 21.8. The Hall–Kier alpha value is -2.29. The maximum atomic E-state index is 13.1. The fourth-order valence-corrected chi connectivity index (χ4v) is 2.41. The number of benzene rings is 1. The molecule has 0 aliphatic carbocycles. The first-order valence-electron chi connectivity index (χ1n) is 6.05. The molecule has 0 amide bonds. The summed E-state index contributed by atoms with van der Waals surface area (Å²) < 4.78 is 26.2. The van der Waals surface area contributed by atoms with Crippen LogP contribution in [0.25, 0.3) is 0 Å². The summed E-state index contributed by atoms with van der Waals surface area (Å²) in [4.78, 5) is 22.1. The van der Waals surface area contributed by atoms with E-state index in [0.29, 0.717) is 0 Å². The topological polar surface area (TPSA) is 104 Å². The van der Waals surface area contributed by atoms with E-state index < -0.39 is 40.7 Å². The van der Waals surface area contributed by atoms with Crippen molar-refractivity contribution in [2.45, 2.75) is 25.0 Å². The van der Waals surface area contributed by atoms with E-state index in [9.17, 15) is 28.8 Å². The average Bonchev–Trinajstić information content (AvgIpc) is 2.80. The number of aliphatic hydroxyl groups is 1. The maximum absolute atomic E-state index is 13.1. The standard InChI is InChI=1S/C12H12F2N2O5/c13-11(14)8-3-6(16(20)21)1-2-9(8)15-5-7(17)4-10(15)12(18)19/h1-3,7,10-11,17H,4-5H2,(H,18,19). The van der Waals surface area contributed by atoms with Crippen molar-refractivity contribution in [1.82, 2.24) is 0 Å². The van der Waals surface area contributed by atoms with Crippen LogP contribution in [0.2, 0.25) is 0 Å². The second-order valence-corrected chi connectivity index (χ2v) is 4.70. The van der Waals surface area contributed by atoms with Gasteiger partial charge in [-0.25, -0.2) is 13.6 Å². The molecule has 114 valence electrons. The highest BCUT2D eigenvalue weighted by molar-refractivity contribution is 5.80. The molecule has 1 aliphatic rings. The summed E-state index contributed by atoms with van der Waals surface area (Å²) in [7, 11) is 0. The molecule has 1 saturated heterocycles. The monoisotopic (exact) mass is 302 g/mol. The van der Waals surface area contributed by atoms with Crippen LogP contribution in [0.5, 0.6) is 0 Å². The highest BCUT2D eigenvalue weighted by Crippen LogP contribution is 2.36. The number of non-ortho nitro benzene ring substituents is 1. The van der Waals surface area contributed by atoms with Crippen LogP contribution in [-0.4, -0.2) is 39.8 Å². The van der Waals surface area contributed by atoms with Gasteiger partial charge in [-0.05, 0) is 6.07 Å². The lowest BCUT2D eigenvalue weighted by Crippen LogP contribution is -2.36. The smallest absolute Gasteiger partial charge is 0.326 e. The molecule has 2 atom stereocenters. The van der Waals surface area contributed by atoms with Gasteiger partial charge in [0.2, 0.25) is 0 Å². The van der Waals surface area contributed by atoms with Crippen molar-refractivity contribution in [3.8, 4) is 0 Å². The molecule has 2 rings (SSSR count). The second-order valence-electron chi connectivity index (χ2n) is 4.70. The van der Waals surface area contributed by atoms with Crippen LogP contribution < -0.4 is 4.90 Å². The Morgan fingerprint density at radius 3 is 2.67 bits per heavy atom. The Morgan fingerprint density at radius 1 is 1.48 bits per heavy atom. The summed E-state index contributed by atoms with van der Waals surface area (Å²) in [6, 6.07) is 1.71. The van der Waals surface area contributed by atoms with Gasteiger partial charge in [0, 0.05) is 36.3 Å². The van der Waals surface area contributed by atoms with Crippen molar-refractivity contribution in [2.24, 2.45) is 0 Å². The molecule has 0 aromatic heterocycles. The molecule has 9 heteroatoms. The van der Waals surface area contributed by atoms with E-state index in [0.717, 1.165) is 23.1 Å². The number of aliphatic carboxylic acids is 1. The van der Waals surface area contributed by atoms with Gasteiger partial charge in [-0.3, -0.25) is 10.1 Å². The Labute approximate surface area is 117 Å². The van der Waals surface area contributed by atoms with Gasteiger partial charge in [0.1, 0.15) is 6.04 Å². The molecule has 2 N–H and O–H groups in total. The zero-order chi connectivity index (χ0) is 15.7. The van der Waals surface area contributed by atoms with Crippen LogP contribution in [0.1, 0.15) is 18.4 Å². The molecule has 0 radical (unpaired) electrons. The third-order valence-corrected chi connectivity index (χ3v) is 3.33. The molecule has 0 bridgehead atoms. The summed E-state index contributed by atoms with van der Waals surface area (Å²) in [5.41, 5.74) is -1.23. The second kappa shape index (κ2) is 5.60. The number of carboxylic acids is 1. The van der Waals surface area contributed by atoms with Crippen molar-refractivity contribution in [3.05, 3.63) is 33.9 Å². The highest BCUT2D eigenvalue weighted by Gasteiger charge is 2.38. The minimum absolute atomic E-state index is 0.0883. The number of halogens is 2. The Kier molecular flexibility index (Phi) is 4.03. The molecule has 1 heterocycles.